The molecular formula is C19H21NO3. The smallest absolute Gasteiger partial charge is 0.162 e. The lowest BCUT2D eigenvalue weighted by Crippen LogP contribution is -2.39. The van der Waals surface area contributed by atoms with E-state index >= 15 is 0 Å². The van der Waals surface area contributed by atoms with Crippen LogP contribution in [0.4, 0.5) is 0 Å². The summed E-state index contributed by atoms with van der Waals surface area (Å²) in [6.07, 6.45) is 1.94. The van der Waals surface area contributed by atoms with Crippen LogP contribution >= 0.6 is 0 Å². The van der Waals surface area contributed by atoms with E-state index in [9.17, 15) is 5.11 Å². The van der Waals surface area contributed by atoms with Gasteiger partial charge in [0.2, 0.25) is 0 Å². The zero-order valence-electron chi connectivity index (χ0n) is 13.5. The Morgan fingerprint density at radius 2 is 1.96 bits per heavy atom. The van der Waals surface area contributed by atoms with E-state index in [1.807, 2.05) is 12.1 Å². The van der Waals surface area contributed by atoms with Gasteiger partial charge >= 0.3 is 0 Å². The Morgan fingerprint density at radius 3 is 2.74 bits per heavy atom. The van der Waals surface area contributed by atoms with Crippen LogP contribution in [0.5, 0.6) is 17.2 Å². The van der Waals surface area contributed by atoms with Gasteiger partial charge in [0.15, 0.2) is 11.5 Å². The number of phenols is 1. The second-order valence-electron chi connectivity index (χ2n) is 6.26. The quantitative estimate of drug-likeness (QED) is 0.925. The maximum absolute atomic E-state index is 10.4. The van der Waals surface area contributed by atoms with Crippen molar-refractivity contribution in [3.05, 3.63) is 52.6 Å². The average molecular weight is 311 g/mol. The van der Waals surface area contributed by atoms with Crippen LogP contribution < -0.4 is 9.47 Å². The fraction of sp³-hybridized carbons (Fsp3) is 0.368. The third-order valence-corrected chi connectivity index (χ3v) is 5.16. The average Bonchev–Trinajstić information content (AvgIpc) is 2.60. The Hall–Kier alpha value is -2.20. The van der Waals surface area contributed by atoms with Crippen molar-refractivity contribution in [3.63, 3.8) is 0 Å². The fourth-order valence-corrected chi connectivity index (χ4v) is 3.90. The van der Waals surface area contributed by atoms with Crippen LogP contribution in [0.25, 0.3) is 0 Å². The molecule has 0 unspecified atom stereocenters. The Kier molecular flexibility index (Phi) is 3.42. The van der Waals surface area contributed by atoms with Gasteiger partial charge in [-0.3, -0.25) is 4.90 Å². The third kappa shape index (κ3) is 2.25. The van der Waals surface area contributed by atoms with Crippen molar-refractivity contribution >= 4 is 0 Å². The summed E-state index contributed by atoms with van der Waals surface area (Å²) in [5.41, 5.74) is 5.00. The van der Waals surface area contributed by atoms with Gasteiger partial charge < -0.3 is 14.6 Å². The lowest BCUT2D eigenvalue weighted by atomic mass is 9.83. The molecule has 4 rings (SSSR count). The Balaban J connectivity index is 1.73. The van der Waals surface area contributed by atoms with Crippen LogP contribution in [0, 0.1) is 0 Å². The van der Waals surface area contributed by atoms with E-state index in [2.05, 4.69) is 23.1 Å². The highest BCUT2D eigenvalue weighted by atomic mass is 16.5. The zero-order valence-corrected chi connectivity index (χ0v) is 13.5. The Bertz CT molecular complexity index is 757. The molecule has 0 fully saturated rings. The number of aromatic hydroxyl groups is 1. The molecule has 120 valence electrons. The van der Waals surface area contributed by atoms with Crippen LogP contribution in [0.3, 0.4) is 0 Å². The van der Waals surface area contributed by atoms with Crippen LogP contribution in [-0.4, -0.2) is 30.8 Å². The summed E-state index contributed by atoms with van der Waals surface area (Å²) >= 11 is 0. The van der Waals surface area contributed by atoms with Crippen LogP contribution in [0.2, 0.25) is 0 Å². The minimum atomic E-state index is 0.295. The minimum absolute atomic E-state index is 0.295. The van der Waals surface area contributed by atoms with E-state index in [0.717, 1.165) is 37.2 Å². The number of benzene rings is 2. The van der Waals surface area contributed by atoms with Gasteiger partial charge in [-0.2, -0.15) is 0 Å². The largest absolute Gasteiger partial charge is 0.504 e. The second kappa shape index (κ2) is 5.46. The molecule has 1 atom stereocenters. The molecule has 0 aliphatic carbocycles. The maximum atomic E-state index is 10.4. The first-order valence-electron chi connectivity index (χ1n) is 8.00. The molecule has 0 saturated carbocycles. The van der Waals surface area contributed by atoms with E-state index in [0.29, 0.717) is 17.5 Å². The first kappa shape index (κ1) is 14.4. The second-order valence-corrected chi connectivity index (χ2v) is 6.26. The number of ether oxygens (including phenoxy) is 2. The summed E-state index contributed by atoms with van der Waals surface area (Å²) in [6, 6.07) is 10.7. The first-order chi connectivity index (χ1) is 11.2. The molecule has 2 heterocycles. The van der Waals surface area contributed by atoms with Crippen molar-refractivity contribution in [1.82, 2.24) is 4.90 Å². The standard InChI is InChI=1S/C19H21NO3/c1-22-14-4-5-15-13(9-14)7-8-20-11-16-12(10-17(15)20)3-6-18(23-2)19(16)21/h3-6,9,17,21H,7-8,10-11H2,1-2H3/t17-/m1/s1. The normalized spacial score (nSPS) is 19.5. The number of fused-ring (bicyclic) bond motifs is 4. The van der Waals surface area contributed by atoms with Gasteiger partial charge in [-0.05, 0) is 47.7 Å². The van der Waals surface area contributed by atoms with E-state index in [4.69, 9.17) is 9.47 Å². The predicted octanol–water partition coefficient (Wildman–Crippen LogP) is 3.06. The molecule has 4 heteroatoms. The molecule has 2 aromatic rings. The van der Waals surface area contributed by atoms with Crippen molar-refractivity contribution < 1.29 is 14.6 Å². The highest BCUT2D eigenvalue weighted by molar-refractivity contribution is 5.52. The van der Waals surface area contributed by atoms with Crippen LogP contribution in [-0.2, 0) is 19.4 Å². The molecule has 2 aromatic carbocycles. The van der Waals surface area contributed by atoms with Crippen molar-refractivity contribution in [1.29, 1.82) is 0 Å². The number of rotatable bonds is 2. The highest BCUT2D eigenvalue weighted by Gasteiger charge is 2.33. The molecular weight excluding hydrogens is 290 g/mol. The molecule has 23 heavy (non-hydrogen) atoms. The fourth-order valence-electron chi connectivity index (χ4n) is 3.90. The SMILES string of the molecule is COc1ccc2c(c1)CCN1Cc3c(ccc(OC)c3O)C[C@H]21. The summed E-state index contributed by atoms with van der Waals surface area (Å²) in [5.74, 6) is 1.78. The van der Waals surface area contributed by atoms with Gasteiger partial charge in [0, 0.05) is 24.7 Å². The van der Waals surface area contributed by atoms with Gasteiger partial charge in [-0.1, -0.05) is 12.1 Å². The summed E-state index contributed by atoms with van der Waals surface area (Å²) in [5, 5.41) is 10.4. The number of methoxy groups -OCH3 is 2. The van der Waals surface area contributed by atoms with Gasteiger partial charge in [0.05, 0.1) is 14.2 Å². The van der Waals surface area contributed by atoms with Gasteiger partial charge in [-0.25, -0.2) is 0 Å². The van der Waals surface area contributed by atoms with Gasteiger partial charge in [0.25, 0.3) is 0 Å². The van der Waals surface area contributed by atoms with Gasteiger partial charge in [0.1, 0.15) is 5.75 Å². The molecule has 0 amide bonds. The molecule has 2 aliphatic heterocycles. The van der Waals surface area contributed by atoms with E-state index in [1.165, 1.54) is 16.7 Å². The first-order valence-corrected chi connectivity index (χ1v) is 8.00. The molecule has 4 nitrogen and oxygen atoms in total. The van der Waals surface area contributed by atoms with Crippen LogP contribution in [0.1, 0.15) is 28.3 Å². The molecule has 1 N–H and O–H groups in total. The monoisotopic (exact) mass is 311 g/mol. The predicted molar refractivity (Wildman–Crippen MR) is 88.2 cm³/mol. The molecule has 0 spiro atoms. The minimum Gasteiger partial charge on any atom is -0.504 e. The van der Waals surface area contributed by atoms with Crippen molar-refractivity contribution in [2.75, 3.05) is 20.8 Å². The number of nitrogens with zero attached hydrogens (tertiary/aromatic N) is 1. The molecule has 0 bridgehead atoms. The Morgan fingerprint density at radius 1 is 1.09 bits per heavy atom. The zero-order chi connectivity index (χ0) is 16.0. The van der Waals surface area contributed by atoms with Crippen molar-refractivity contribution in [2.45, 2.75) is 25.4 Å². The van der Waals surface area contributed by atoms with Crippen molar-refractivity contribution in [3.8, 4) is 17.2 Å². The summed E-state index contributed by atoms with van der Waals surface area (Å²) < 4.78 is 10.6. The van der Waals surface area contributed by atoms with E-state index in [1.54, 1.807) is 14.2 Å². The molecule has 2 aliphatic rings. The van der Waals surface area contributed by atoms with Gasteiger partial charge in [-0.15, -0.1) is 0 Å². The Labute approximate surface area is 136 Å². The topological polar surface area (TPSA) is 41.9 Å². The van der Waals surface area contributed by atoms with Crippen LogP contribution in [0.15, 0.2) is 30.3 Å². The summed E-state index contributed by atoms with van der Waals surface area (Å²) in [4.78, 5) is 2.45. The number of hydrogen-bond acceptors (Lipinski definition) is 4. The lowest BCUT2D eigenvalue weighted by Gasteiger charge is -2.41. The summed E-state index contributed by atoms with van der Waals surface area (Å²) in [6.45, 7) is 1.77. The molecule has 0 saturated heterocycles. The molecule has 0 radical (unpaired) electrons. The maximum Gasteiger partial charge on any atom is 0.162 e. The summed E-state index contributed by atoms with van der Waals surface area (Å²) in [7, 11) is 3.31. The third-order valence-electron chi connectivity index (χ3n) is 5.16. The highest BCUT2D eigenvalue weighted by Crippen LogP contribution is 2.43. The lowest BCUT2D eigenvalue weighted by molar-refractivity contribution is 0.158. The number of hydrogen-bond donors (Lipinski definition) is 1. The van der Waals surface area contributed by atoms with Crippen molar-refractivity contribution in [2.24, 2.45) is 0 Å². The van der Waals surface area contributed by atoms with E-state index in [-0.39, 0.29) is 0 Å². The molecule has 0 aromatic heterocycles. The number of phenolic OH excluding ortho intramolecular Hbond substituents is 1. The van der Waals surface area contributed by atoms with E-state index < -0.39 is 0 Å².